The van der Waals surface area contributed by atoms with Crippen molar-refractivity contribution in [2.24, 2.45) is 0 Å². The number of anilines is 1. The second-order valence-electron chi connectivity index (χ2n) is 4.97. The van der Waals surface area contributed by atoms with Crippen molar-refractivity contribution in [2.45, 2.75) is 11.2 Å². The van der Waals surface area contributed by atoms with Gasteiger partial charge in [0.05, 0.1) is 23.2 Å². The Morgan fingerprint density at radius 2 is 1.75 bits per heavy atom. The normalized spacial score (nSPS) is 11.7. The molecule has 0 heterocycles. The van der Waals surface area contributed by atoms with Crippen LogP contribution in [0.2, 0.25) is 10.0 Å². The molecule has 0 radical (unpaired) electrons. The number of rotatable bonds is 5. The van der Waals surface area contributed by atoms with E-state index in [-0.39, 0.29) is 11.5 Å². The Hall–Kier alpha value is -1.56. The van der Waals surface area contributed by atoms with Crippen LogP contribution >= 0.6 is 39.1 Å². The van der Waals surface area contributed by atoms with Crippen molar-refractivity contribution in [1.82, 2.24) is 0 Å². The summed E-state index contributed by atoms with van der Waals surface area (Å²) in [5, 5.41) is 3.73. The van der Waals surface area contributed by atoms with Gasteiger partial charge in [0.15, 0.2) is 0 Å². The monoisotopic (exact) mass is 429 g/mol. The van der Waals surface area contributed by atoms with Crippen molar-refractivity contribution in [3.8, 4) is 0 Å². The number of hydrogen-bond acceptors (Lipinski definition) is 3. The van der Waals surface area contributed by atoms with Crippen molar-refractivity contribution in [3.05, 3.63) is 63.6 Å². The van der Waals surface area contributed by atoms with Gasteiger partial charge in [-0.3, -0.25) is 4.79 Å². The van der Waals surface area contributed by atoms with Crippen LogP contribution in [-0.4, -0.2) is 23.8 Å². The number of halogens is 3. The lowest BCUT2D eigenvalue weighted by atomic mass is 10.1. The first kappa shape index (κ1) is 18.8. The zero-order valence-electron chi connectivity index (χ0n) is 12.7. The third-order valence-corrected chi connectivity index (χ3v) is 4.48. The number of methoxy groups -OCH3 is 1. The topological polar surface area (TPSA) is 55.4 Å². The summed E-state index contributed by atoms with van der Waals surface area (Å²) in [5.41, 5.74) is 1.50. The molecule has 0 aromatic heterocycles. The van der Waals surface area contributed by atoms with E-state index in [4.69, 9.17) is 27.9 Å². The highest BCUT2D eigenvalue weighted by Crippen LogP contribution is 2.23. The second kappa shape index (κ2) is 8.51. The number of benzene rings is 2. The van der Waals surface area contributed by atoms with Gasteiger partial charge in [0, 0.05) is 10.0 Å². The SMILES string of the molecule is COC(=O)c1cc(Cl)ccc1NC(=O)C(Br)Cc1ccc(Cl)cc1. The fraction of sp³-hybridized carbons (Fsp3) is 0.176. The van der Waals surface area contributed by atoms with Gasteiger partial charge in [0.2, 0.25) is 5.91 Å². The van der Waals surface area contributed by atoms with Gasteiger partial charge in [-0.1, -0.05) is 51.3 Å². The molecule has 1 amide bonds. The second-order valence-corrected chi connectivity index (χ2v) is 6.95. The number of nitrogens with one attached hydrogen (secondary N) is 1. The number of ether oxygens (including phenoxy) is 1. The maximum absolute atomic E-state index is 12.4. The molecule has 2 aromatic rings. The lowest BCUT2D eigenvalue weighted by molar-refractivity contribution is -0.115. The summed E-state index contributed by atoms with van der Waals surface area (Å²) in [6.45, 7) is 0. The molecule has 1 atom stereocenters. The molecular formula is C17H14BrCl2NO3. The van der Waals surface area contributed by atoms with Gasteiger partial charge in [-0.15, -0.1) is 0 Å². The summed E-state index contributed by atoms with van der Waals surface area (Å²) >= 11 is 15.1. The number of alkyl halides is 1. The molecule has 0 saturated heterocycles. The van der Waals surface area contributed by atoms with E-state index in [1.807, 2.05) is 12.1 Å². The fourth-order valence-electron chi connectivity index (χ4n) is 2.04. The van der Waals surface area contributed by atoms with Crippen LogP contribution in [0.15, 0.2) is 42.5 Å². The summed E-state index contributed by atoms with van der Waals surface area (Å²) in [6.07, 6.45) is 0.476. The molecule has 24 heavy (non-hydrogen) atoms. The van der Waals surface area contributed by atoms with E-state index >= 15 is 0 Å². The molecule has 0 saturated carbocycles. The summed E-state index contributed by atoms with van der Waals surface area (Å²) in [7, 11) is 1.27. The molecule has 2 aromatic carbocycles. The van der Waals surface area contributed by atoms with Crippen LogP contribution in [0.4, 0.5) is 5.69 Å². The van der Waals surface area contributed by atoms with E-state index in [9.17, 15) is 9.59 Å². The van der Waals surface area contributed by atoms with Crippen molar-refractivity contribution in [1.29, 1.82) is 0 Å². The fourth-order valence-corrected chi connectivity index (χ4v) is 2.82. The van der Waals surface area contributed by atoms with E-state index in [1.165, 1.54) is 13.2 Å². The number of carbonyl (C=O) groups is 2. The molecule has 1 unspecified atom stereocenters. The lowest BCUT2D eigenvalue weighted by Gasteiger charge is -2.13. The average molecular weight is 431 g/mol. The van der Waals surface area contributed by atoms with Crippen LogP contribution in [0.25, 0.3) is 0 Å². The Kier molecular flexibility index (Phi) is 6.66. The van der Waals surface area contributed by atoms with Gasteiger partial charge < -0.3 is 10.1 Å². The molecular weight excluding hydrogens is 417 g/mol. The molecule has 126 valence electrons. The van der Waals surface area contributed by atoms with Crippen molar-refractivity contribution >= 4 is 56.7 Å². The van der Waals surface area contributed by atoms with Gasteiger partial charge in [-0.05, 0) is 42.3 Å². The van der Waals surface area contributed by atoms with E-state index < -0.39 is 10.8 Å². The highest BCUT2D eigenvalue weighted by Gasteiger charge is 2.19. The zero-order valence-corrected chi connectivity index (χ0v) is 15.8. The van der Waals surface area contributed by atoms with Gasteiger partial charge in [-0.2, -0.15) is 0 Å². The summed E-state index contributed by atoms with van der Waals surface area (Å²) in [4.78, 5) is 23.7. The molecule has 2 rings (SSSR count). The largest absolute Gasteiger partial charge is 0.465 e. The molecule has 0 aliphatic rings. The van der Waals surface area contributed by atoms with Gasteiger partial charge >= 0.3 is 5.97 Å². The van der Waals surface area contributed by atoms with Gasteiger partial charge in [-0.25, -0.2) is 4.79 Å². The Morgan fingerprint density at radius 1 is 1.12 bits per heavy atom. The Balaban J connectivity index is 2.11. The summed E-state index contributed by atoms with van der Waals surface area (Å²) in [5.74, 6) is -0.853. The van der Waals surface area contributed by atoms with Crippen molar-refractivity contribution in [2.75, 3.05) is 12.4 Å². The number of hydrogen-bond donors (Lipinski definition) is 1. The van der Waals surface area contributed by atoms with Crippen LogP contribution in [0.5, 0.6) is 0 Å². The quantitative estimate of drug-likeness (QED) is 0.551. The Morgan fingerprint density at radius 3 is 2.38 bits per heavy atom. The molecule has 0 aliphatic carbocycles. The molecule has 0 bridgehead atoms. The summed E-state index contributed by atoms with van der Waals surface area (Å²) < 4.78 is 4.71. The number of carbonyl (C=O) groups excluding carboxylic acids is 2. The van der Waals surface area contributed by atoms with E-state index in [0.29, 0.717) is 22.2 Å². The first-order valence-electron chi connectivity index (χ1n) is 6.98. The standard InChI is InChI=1S/C17H14BrCl2NO3/c1-24-17(23)13-9-12(20)6-7-15(13)21-16(22)14(18)8-10-2-4-11(19)5-3-10/h2-7,9,14H,8H2,1H3,(H,21,22). The molecule has 0 aliphatic heterocycles. The minimum atomic E-state index is -0.573. The predicted octanol–water partition coefficient (Wildman–Crippen LogP) is 4.72. The Bertz CT molecular complexity index is 750. The van der Waals surface area contributed by atoms with Gasteiger partial charge in [0.25, 0.3) is 0 Å². The van der Waals surface area contributed by atoms with Gasteiger partial charge in [0.1, 0.15) is 0 Å². The average Bonchev–Trinajstić information content (AvgIpc) is 2.57. The lowest BCUT2D eigenvalue weighted by Crippen LogP contribution is -2.25. The third-order valence-electron chi connectivity index (χ3n) is 3.26. The first-order chi connectivity index (χ1) is 11.4. The highest BCUT2D eigenvalue weighted by atomic mass is 79.9. The smallest absolute Gasteiger partial charge is 0.340 e. The van der Waals surface area contributed by atoms with Crippen LogP contribution in [0.3, 0.4) is 0 Å². The van der Waals surface area contributed by atoms with Crippen molar-refractivity contribution in [3.63, 3.8) is 0 Å². The zero-order chi connectivity index (χ0) is 17.7. The molecule has 0 spiro atoms. The minimum absolute atomic E-state index is 0.199. The third kappa shape index (κ3) is 4.97. The number of esters is 1. The maximum atomic E-state index is 12.4. The summed E-state index contributed by atoms with van der Waals surface area (Å²) in [6, 6.07) is 11.8. The molecule has 7 heteroatoms. The van der Waals surface area contributed by atoms with E-state index in [0.717, 1.165) is 5.56 Å². The minimum Gasteiger partial charge on any atom is -0.465 e. The molecule has 1 N–H and O–H groups in total. The van der Waals surface area contributed by atoms with Crippen LogP contribution in [-0.2, 0) is 16.0 Å². The van der Waals surface area contributed by atoms with E-state index in [1.54, 1.807) is 24.3 Å². The maximum Gasteiger partial charge on any atom is 0.340 e. The van der Waals surface area contributed by atoms with Crippen molar-refractivity contribution < 1.29 is 14.3 Å². The highest BCUT2D eigenvalue weighted by molar-refractivity contribution is 9.10. The number of amides is 1. The predicted molar refractivity (Wildman–Crippen MR) is 99.3 cm³/mol. The molecule has 4 nitrogen and oxygen atoms in total. The Labute approximate surface area is 158 Å². The first-order valence-corrected chi connectivity index (χ1v) is 8.65. The van der Waals surface area contributed by atoms with Crippen LogP contribution < -0.4 is 5.32 Å². The van der Waals surface area contributed by atoms with Crippen LogP contribution in [0.1, 0.15) is 15.9 Å². The van der Waals surface area contributed by atoms with Crippen LogP contribution in [0, 0.1) is 0 Å². The van der Waals surface area contributed by atoms with E-state index in [2.05, 4.69) is 21.2 Å². The molecule has 0 fully saturated rings.